The second-order valence-electron chi connectivity index (χ2n) is 4.10. The van der Waals surface area contributed by atoms with Gasteiger partial charge in [0, 0.05) is 36.6 Å². The highest BCUT2D eigenvalue weighted by Crippen LogP contribution is 2.15. The van der Waals surface area contributed by atoms with Crippen molar-refractivity contribution in [2.45, 2.75) is 0 Å². The van der Waals surface area contributed by atoms with Crippen molar-refractivity contribution in [3.63, 3.8) is 0 Å². The molecule has 0 fully saturated rings. The van der Waals surface area contributed by atoms with Crippen molar-refractivity contribution >= 4 is 16.7 Å². The molecule has 0 amide bonds. The summed E-state index contributed by atoms with van der Waals surface area (Å²) >= 11 is 0. The van der Waals surface area contributed by atoms with Gasteiger partial charge in [-0.25, -0.2) is 4.98 Å². The van der Waals surface area contributed by atoms with Crippen molar-refractivity contribution in [2.75, 3.05) is 0 Å². The number of nitrogens with zero attached hydrogens (tertiary/aromatic N) is 3. The Hall–Kier alpha value is -2.49. The number of pyridine rings is 1. The van der Waals surface area contributed by atoms with Gasteiger partial charge in [0.2, 0.25) is 5.78 Å². The predicted molar refractivity (Wildman–Crippen MR) is 68.4 cm³/mol. The molecule has 0 aliphatic heterocycles. The van der Waals surface area contributed by atoms with E-state index >= 15 is 0 Å². The Kier molecular flexibility index (Phi) is 2.41. The molecular formula is C14H11N3O. The summed E-state index contributed by atoms with van der Waals surface area (Å²) < 4.78 is 1.72. The van der Waals surface area contributed by atoms with Crippen LogP contribution in [-0.2, 0) is 7.05 Å². The lowest BCUT2D eigenvalue weighted by Gasteiger charge is -2.03. The van der Waals surface area contributed by atoms with Crippen molar-refractivity contribution in [2.24, 2.45) is 7.05 Å². The van der Waals surface area contributed by atoms with Gasteiger partial charge in [0.25, 0.3) is 0 Å². The number of aryl methyl sites for hydroxylation is 1. The molecule has 0 aliphatic rings. The molecular weight excluding hydrogens is 226 g/mol. The van der Waals surface area contributed by atoms with Crippen LogP contribution in [0.1, 0.15) is 16.2 Å². The summed E-state index contributed by atoms with van der Waals surface area (Å²) in [6.45, 7) is 0. The van der Waals surface area contributed by atoms with E-state index in [1.165, 1.54) is 0 Å². The van der Waals surface area contributed by atoms with Gasteiger partial charge < -0.3 is 4.57 Å². The predicted octanol–water partition coefficient (Wildman–Crippen LogP) is 2.20. The van der Waals surface area contributed by atoms with E-state index in [2.05, 4.69) is 9.97 Å². The Balaban J connectivity index is 2.10. The SMILES string of the molecule is Cn1ccnc1C(=O)c1ccc2ncccc2c1. The van der Waals surface area contributed by atoms with E-state index in [-0.39, 0.29) is 5.78 Å². The third-order valence-corrected chi connectivity index (χ3v) is 2.89. The number of hydrogen-bond donors (Lipinski definition) is 0. The normalized spacial score (nSPS) is 10.7. The Labute approximate surface area is 104 Å². The molecule has 0 saturated carbocycles. The number of rotatable bonds is 2. The highest BCUT2D eigenvalue weighted by molar-refractivity contribution is 6.08. The summed E-state index contributed by atoms with van der Waals surface area (Å²) in [4.78, 5) is 20.6. The third kappa shape index (κ3) is 1.68. The largest absolute Gasteiger partial charge is 0.331 e. The van der Waals surface area contributed by atoms with E-state index in [9.17, 15) is 4.79 Å². The maximum atomic E-state index is 12.3. The first kappa shape index (κ1) is 10.7. The second kappa shape index (κ2) is 4.07. The topological polar surface area (TPSA) is 47.8 Å². The third-order valence-electron chi connectivity index (χ3n) is 2.89. The fourth-order valence-corrected chi connectivity index (χ4v) is 1.93. The minimum atomic E-state index is -0.0757. The average molecular weight is 237 g/mol. The minimum Gasteiger partial charge on any atom is -0.331 e. The lowest BCUT2D eigenvalue weighted by atomic mass is 10.1. The molecule has 0 radical (unpaired) electrons. The quantitative estimate of drug-likeness (QED) is 0.642. The van der Waals surface area contributed by atoms with Crippen molar-refractivity contribution in [1.29, 1.82) is 0 Å². The molecule has 1 aromatic carbocycles. The number of aromatic nitrogens is 3. The summed E-state index contributed by atoms with van der Waals surface area (Å²) in [5, 5.41) is 0.956. The molecule has 4 nitrogen and oxygen atoms in total. The summed E-state index contributed by atoms with van der Waals surface area (Å²) in [6, 6.07) is 9.28. The maximum absolute atomic E-state index is 12.3. The number of benzene rings is 1. The van der Waals surface area contributed by atoms with Gasteiger partial charge in [0.05, 0.1) is 5.52 Å². The number of carbonyl (C=O) groups is 1. The Morgan fingerprint density at radius 3 is 2.83 bits per heavy atom. The Bertz CT molecular complexity index is 730. The zero-order valence-corrected chi connectivity index (χ0v) is 9.87. The van der Waals surface area contributed by atoms with Crippen molar-refractivity contribution in [3.05, 3.63) is 60.3 Å². The van der Waals surface area contributed by atoms with Gasteiger partial charge >= 0.3 is 0 Å². The van der Waals surface area contributed by atoms with Crippen LogP contribution in [0.3, 0.4) is 0 Å². The van der Waals surface area contributed by atoms with Crippen LogP contribution in [0.2, 0.25) is 0 Å². The lowest BCUT2D eigenvalue weighted by molar-refractivity contribution is 0.102. The summed E-state index contributed by atoms with van der Waals surface area (Å²) in [5.74, 6) is 0.367. The molecule has 4 heteroatoms. The fourth-order valence-electron chi connectivity index (χ4n) is 1.93. The van der Waals surface area contributed by atoms with E-state index in [1.54, 1.807) is 29.2 Å². The molecule has 2 heterocycles. The van der Waals surface area contributed by atoms with Crippen LogP contribution >= 0.6 is 0 Å². The molecule has 18 heavy (non-hydrogen) atoms. The fraction of sp³-hybridized carbons (Fsp3) is 0.0714. The summed E-state index contributed by atoms with van der Waals surface area (Å²) in [7, 11) is 1.81. The Morgan fingerprint density at radius 1 is 1.17 bits per heavy atom. The Morgan fingerprint density at radius 2 is 2.06 bits per heavy atom. The molecule has 0 spiro atoms. The highest BCUT2D eigenvalue weighted by atomic mass is 16.1. The smallest absolute Gasteiger partial charge is 0.228 e. The van der Waals surface area contributed by atoms with Crippen molar-refractivity contribution in [3.8, 4) is 0 Å². The van der Waals surface area contributed by atoms with Crippen LogP contribution in [0.5, 0.6) is 0 Å². The zero-order valence-electron chi connectivity index (χ0n) is 9.87. The standard InChI is InChI=1S/C14H11N3O/c1-17-8-7-16-14(17)13(18)11-4-5-12-10(9-11)3-2-6-15-12/h2-9H,1H3. The summed E-state index contributed by atoms with van der Waals surface area (Å²) in [6.07, 6.45) is 5.12. The number of ketones is 1. The van der Waals surface area contributed by atoms with Crippen LogP contribution in [0.15, 0.2) is 48.9 Å². The van der Waals surface area contributed by atoms with Crippen LogP contribution in [0.4, 0.5) is 0 Å². The van der Waals surface area contributed by atoms with Gasteiger partial charge in [0.1, 0.15) is 0 Å². The molecule has 0 bridgehead atoms. The van der Waals surface area contributed by atoms with Gasteiger partial charge in [-0.05, 0) is 24.3 Å². The monoisotopic (exact) mass is 237 g/mol. The van der Waals surface area contributed by atoms with E-state index in [0.29, 0.717) is 11.4 Å². The lowest BCUT2D eigenvalue weighted by Crippen LogP contribution is -2.08. The second-order valence-corrected chi connectivity index (χ2v) is 4.10. The highest BCUT2D eigenvalue weighted by Gasteiger charge is 2.13. The zero-order chi connectivity index (χ0) is 12.5. The van der Waals surface area contributed by atoms with Crippen LogP contribution in [0, 0.1) is 0 Å². The first-order valence-electron chi connectivity index (χ1n) is 5.62. The van der Waals surface area contributed by atoms with E-state index in [4.69, 9.17) is 0 Å². The van der Waals surface area contributed by atoms with Crippen LogP contribution < -0.4 is 0 Å². The van der Waals surface area contributed by atoms with Gasteiger partial charge in [-0.1, -0.05) is 6.07 Å². The first-order chi connectivity index (χ1) is 8.75. The van der Waals surface area contributed by atoms with Crippen LogP contribution in [-0.4, -0.2) is 20.3 Å². The van der Waals surface area contributed by atoms with Crippen molar-refractivity contribution in [1.82, 2.24) is 14.5 Å². The van der Waals surface area contributed by atoms with Crippen molar-refractivity contribution < 1.29 is 4.79 Å². The van der Waals surface area contributed by atoms with Gasteiger partial charge in [0.15, 0.2) is 5.82 Å². The van der Waals surface area contributed by atoms with E-state index < -0.39 is 0 Å². The molecule has 88 valence electrons. The van der Waals surface area contributed by atoms with E-state index in [1.807, 2.05) is 31.3 Å². The first-order valence-corrected chi connectivity index (χ1v) is 5.62. The number of carbonyl (C=O) groups excluding carboxylic acids is 1. The van der Waals surface area contributed by atoms with Gasteiger partial charge in [-0.3, -0.25) is 9.78 Å². The molecule has 3 rings (SSSR count). The molecule has 0 unspecified atom stereocenters. The van der Waals surface area contributed by atoms with Gasteiger partial charge in [-0.15, -0.1) is 0 Å². The van der Waals surface area contributed by atoms with Crippen LogP contribution in [0.25, 0.3) is 10.9 Å². The minimum absolute atomic E-state index is 0.0757. The maximum Gasteiger partial charge on any atom is 0.228 e. The average Bonchev–Trinajstić information content (AvgIpc) is 2.83. The van der Waals surface area contributed by atoms with E-state index in [0.717, 1.165) is 10.9 Å². The molecule has 0 aliphatic carbocycles. The number of fused-ring (bicyclic) bond motifs is 1. The molecule has 2 aromatic heterocycles. The molecule has 0 atom stereocenters. The summed E-state index contributed by atoms with van der Waals surface area (Å²) in [5.41, 5.74) is 1.51. The number of hydrogen-bond acceptors (Lipinski definition) is 3. The van der Waals surface area contributed by atoms with Gasteiger partial charge in [-0.2, -0.15) is 0 Å². The number of imidazole rings is 1. The molecule has 0 saturated heterocycles. The molecule has 3 aromatic rings. The molecule has 0 N–H and O–H groups in total.